The van der Waals surface area contributed by atoms with Crippen LogP contribution in [-0.2, 0) is 21.1 Å². The molecule has 1 aliphatic heterocycles. The van der Waals surface area contributed by atoms with Crippen LogP contribution in [0.4, 0.5) is 4.79 Å². The highest BCUT2D eigenvalue weighted by Gasteiger charge is 2.17. The number of nitrogens with one attached hydrogen (secondary N) is 1. The number of rotatable bonds is 11. The molecule has 0 aliphatic carbocycles. The number of nitrogens with zero attached hydrogens (tertiary/aromatic N) is 1. The molecule has 0 saturated heterocycles. The quantitative estimate of drug-likeness (QED) is 0.340. The molecule has 0 spiro atoms. The summed E-state index contributed by atoms with van der Waals surface area (Å²) >= 11 is 0. The first-order valence-electron chi connectivity index (χ1n) is 10.2. The van der Waals surface area contributed by atoms with Crippen LogP contribution < -0.4 is 11.1 Å². The van der Waals surface area contributed by atoms with E-state index in [0.29, 0.717) is 6.61 Å². The average Bonchev–Trinajstić information content (AvgIpc) is 2.91. The zero-order valence-corrected chi connectivity index (χ0v) is 16.8. The van der Waals surface area contributed by atoms with E-state index in [2.05, 4.69) is 10.3 Å². The summed E-state index contributed by atoms with van der Waals surface area (Å²) in [6, 6.07) is 9.69. The lowest BCUT2D eigenvalue weighted by molar-refractivity contribution is -0.294. The third kappa shape index (κ3) is 9.19. The summed E-state index contributed by atoms with van der Waals surface area (Å²) in [7, 11) is 0. The molecule has 156 valence electrons. The van der Waals surface area contributed by atoms with Crippen molar-refractivity contribution >= 4 is 11.9 Å². The van der Waals surface area contributed by atoms with E-state index >= 15 is 0 Å². The van der Waals surface area contributed by atoms with Gasteiger partial charge in [0.1, 0.15) is 13.2 Å². The van der Waals surface area contributed by atoms with Crippen molar-refractivity contribution in [2.75, 3.05) is 13.2 Å². The number of nitrogens with two attached hydrogens (primary N) is 1. The number of amidine groups is 1. The number of carbonyl (C=O) groups excluding carboxylic acids is 1. The van der Waals surface area contributed by atoms with Crippen LogP contribution in [0.25, 0.3) is 0 Å². The van der Waals surface area contributed by atoms with Gasteiger partial charge in [0, 0.05) is 6.42 Å². The minimum atomic E-state index is -0.453. The van der Waals surface area contributed by atoms with E-state index in [9.17, 15) is 4.79 Å². The number of aliphatic imine (C=N–C) groups is 1. The Hall–Kier alpha value is -2.12. The van der Waals surface area contributed by atoms with Crippen molar-refractivity contribution in [2.45, 2.75) is 70.6 Å². The number of hydrogen-bond donors (Lipinski definition) is 2. The van der Waals surface area contributed by atoms with E-state index in [1.807, 2.05) is 37.3 Å². The summed E-state index contributed by atoms with van der Waals surface area (Å²) in [5.41, 5.74) is 6.87. The van der Waals surface area contributed by atoms with Gasteiger partial charge in [-0.05, 0) is 44.6 Å². The van der Waals surface area contributed by atoms with Gasteiger partial charge in [-0.25, -0.2) is 14.6 Å². The van der Waals surface area contributed by atoms with Gasteiger partial charge in [0.05, 0.1) is 24.5 Å². The molecular formula is C21H33N3O4. The normalized spacial score (nSPS) is 18.0. The Morgan fingerprint density at radius 3 is 2.89 bits per heavy atom. The maximum atomic E-state index is 12.1. The summed E-state index contributed by atoms with van der Waals surface area (Å²) in [5.74, 6) is 0.765. The summed E-state index contributed by atoms with van der Waals surface area (Å²) in [6.45, 7) is 2.83. The van der Waals surface area contributed by atoms with Crippen molar-refractivity contribution in [1.29, 1.82) is 0 Å². The third-order valence-electron chi connectivity index (χ3n) is 4.66. The van der Waals surface area contributed by atoms with Crippen LogP contribution in [0.15, 0.2) is 35.3 Å². The van der Waals surface area contributed by atoms with Crippen LogP contribution in [0.3, 0.4) is 0 Å². The maximum Gasteiger partial charge on any atom is 0.407 e. The molecule has 1 aromatic rings. The molecule has 2 atom stereocenters. The molecular weight excluding hydrogens is 358 g/mol. The zero-order chi connectivity index (χ0) is 20.0. The Bertz CT molecular complexity index is 595. The van der Waals surface area contributed by atoms with Crippen LogP contribution >= 0.6 is 0 Å². The number of alkyl carbamates (subject to hydrolysis) is 1. The van der Waals surface area contributed by atoms with Crippen molar-refractivity contribution in [2.24, 2.45) is 10.7 Å². The smallest absolute Gasteiger partial charge is 0.407 e. The predicted octanol–water partition coefficient (Wildman–Crippen LogP) is 3.72. The van der Waals surface area contributed by atoms with Gasteiger partial charge in [-0.15, -0.1) is 0 Å². The first-order valence-corrected chi connectivity index (χ1v) is 10.2. The van der Waals surface area contributed by atoms with Crippen LogP contribution in [-0.4, -0.2) is 37.2 Å². The van der Waals surface area contributed by atoms with E-state index in [0.717, 1.165) is 56.3 Å². The van der Waals surface area contributed by atoms with Gasteiger partial charge in [0.25, 0.3) is 0 Å². The second-order valence-electron chi connectivity index (χ2n) is 7.04. The van der Waals surface area contributed by atoms with Crippen molar-refractivity contribution in [3.05, 3.63) is 35.9 Å². The van der Waals surface area contributed by atoms with E-state index in [1.54, 1.807) is 0 Å². The Balaban J connectivity index is 1.75. The minimum Gasteiger partial charge on any atom is -0.445 e. The fourth-order valence-electron chi connectivity index (χ4n) is 3.20. The molecule has 7 nitrogen and oxygen atoms in total. The molecule has 1 heterocycles. The van der Waals surface area contributed by atoms with Gasteiger partial charge in [0.15, 0.2) is 0 Å². The second kappa shape index (κ2) is 13.1. The molecule has 0 bridgehead atoms. The lowest BCUT2D eigenvalue weighted by Gasteiger charge is -2.19. The SMILES string of the molecule is CCOOCC(CCCC1CCCCC(N)=N1)NC(=O)OCc1ccccc1. The molecule has 0 aromatic heterocycles. The highest BCUT2D eigenvalue weighted by molar-refractivity contribution is 5.80. The molecule has 28 heavy (non-hydrogen) atoms. The fourth-order valence-corrected chi connectivity index (χ4v) is 3.20. The monoisotopic (exact) mass is 391 g/mol. The zero-order valence-electron chi connectivity index (χ0n) is 16.8. The van der Waals surface area contributed by atoms with E-state index in [1.165, 1.54) is 0 Å². The van der Waals surface area contributed by atoms with Crippen LogP contribution in [0, 0.1) is 0 Å². The summed E-state index contributed by atoms with van der Waals surface area (Å²) < 4.78 is 5.31. The highest BCUT2D eigenvalue weighted by atomic mass is 17.2. The lowest BCUT2D eigenvalue weighted by atomic mass is 10.0. The fraction of sp³-hybridized carbons (Fsp3) is 0.619. The lowest BCUT2D eigenvalue weighted by Crippen LogP contribution is -2.38. The summed E-state index contributed by atoms with van der Waals surface area (Å²) in [6.07, 6.45) is 6.43. The minimum absolute atomic E-state index is 0.179. The highest BCUT2D eigenvalue weighted by Crippen LogP contribution is 2.18. The Kier molecular flexibility index (Phi) is 10.4. The topological polar surface area (TPSA) is 95.2 Å². The van der Waals surface area contributed by atoms with Gasteiger partial charge in [0.2, 0.25) is 0 Å². The standard InChI is InChI=1S/C21H33N3O4/c1-2-27-28-16-19(13-8-12-18-11-6-7-14-20(22)23-18)24-21(25)26-15-17-9-4-3-5-10-17/h3-5,9-10,18-19H,2,6-8,11-16H2,1H3,(H2,22,23)(H,24,25). The van der Waals surface area contributed by atoms with Crippen LogP contribution in [0.2, 0.25) is 0 Å². The molecule has 1 amide bonds. The number of ether oxygens (including phenoxy) is 1. The van der Waals surface area contributed by atoms with Gasteiger partial charge >= 0.3 is 6.09 Å². The second-order valence-corrected chi connectivity index (χ2v) is 7.04. The Morgan fingerprint density at radius 2 is 2.11 bits per heavy atom. The maximum absolute atomic E-state index is 12.1. The molecule has 2 rings (SSSR count). The molecule has 3 N–H and O–H groups in total. The van der Waals surface area contributed by atoms with E-state index < -0.39 is 6.09 Å². The largest absolute Gasteiger partial charge is 0.445 e. The number of benzene rings is 1. The molecule has 7 heteroatoms. The predicted molar refractivity (Wildman–Crippen MR) is 109 cm³/mol. The first kappa shape index (κ1) is 22.2. The molecule has 0 fully saturated rings. The van der Waals surface area contributed by atoms with Gasteiger partial charge < -0.3 is 15.8 Å². The van der Waals surface area contributed by atoms with Crippen LogP contribution in [0.1, 0.15) is 57.4 Å². The third-order valence-corrected chi connectivity index (χ3v) is 4.66. The average molecular weight is 392 g/mol. The molecule has 0 radical (unpaired) electrons. The molecule has 0 saturated carbocycles. The number of hydrogen-bond acceptors (Lipinski definition) is 6. The van der Waals surface area contributed by atoms with Crippen molar-refractivity contribution in [1.82, 2.24) is 5.32 Å². The number of amides is 1. The van der Waals surface area contributed by atoms with Crippen molar-refractivity contribution in [3.8, 4) is 0 Å². The van der Waals surface area contributed by atoms with Gasteiger partial charge in [-0.1, -0.05) is 36.8 Å². The van der Waals surface area contributed by atoms with Crippen LogP contribution in [0.5, 0.6) is 0 Å². The molecule has 1 aromatic carbocycles. The first-order chi connectivity index (χ1) is 13.7. The summed E-state index contributed by atoms with van der Waals surface area (Å²) in [5, 5.41) is 2.88. The molecule has 1 aliphatic rings. The summed E-state index contributed by atoms with van der Waals surface area (Å²) in [4.78, 5) is 26.9. The Morgan fingerprint density at radius 1 is 1.29 bits per heavy atom. The van der Waals surface area contributed by atoms with E-state index in [-0.39, 0.29) is 25.3 Å². The molecule has 2 unspecified atom stereocenters. The van der Waals surface area contributed by atoms with Gasteiger partial charge in [-0.2, -0.15) is 0 Å². The van der Waals surface area contributed by atoms with Crippen molar-refractivity contribution < 1.29 is 19.3 Å². The Labute approximate surface area is 167 Å². The van der Waals surface area contributed by atoms with Gasteiger partial charge in [-0.3, -0.25) is 4.99 Å². The van der Waals surface area contributed by atoms with E-state index in [4.69, 9.17) is 20.2 Å². The van der Waals surface area contributed by atoms with Crippen molar-refractivity contribution in [3.63, 3.8) is 0 Å². The number of carbonyl (C=O) groups is 1.